The number of phenols is 1. The molecule has 1 aromatic carbocycles. The van der Waals surface area contributed by atoms with Crippen molar-refractivity contribution in [1.29, 1.82) is 0 Å². The van der Waals surface area contributed by atoms with Crippen molar-refractivity contribution in [3.8, 4) is 5.75 Å². The molecule has 1 aliphatic heterocycles. The van der Waals surface area contributed by atoms with Crippen LogP contribution < -0.4 is 0 Å². The van der Waals surface area contributed by atoms with E-state index < -0.39 is 5.31 Å². The molecule has 1 aliphatic carbocycles. The summed E-state index contributed by atoms with van der Waals surface area (Å²) < 4.78 is 0. The molecule has 114 valence electrons. The molecule has 0 saturated heterocycles. The van der Waals surface area contributed by atoms with Gasteiger partial charge in [-0.3, -0.25) is 0 Å². The minimum atomic E-state index is -0.399. The Hall–Kier alpha value is -1.84. The maximum absolute atomic E-state index is 10.1. The number of rotatable bonds is 5. The van der Waals surface area contributed by atoms with Crippen molar-refractivity contribution < 1.29 is 5.11 Å². The van der Waals surface area contributed by atoms with Crippen molar-refractivity contribution in [3.63, 3.8) is 0 Å². The number of hydrogen-bond donors (Lipinski definition) is 1. The van der Waals surface area contributed by atoms with E-state index >= 15 is 0 Å². The Balaban J connectivity index is 1.85. The summed E-state index contributed by atoms with van der Waals surface area (Å²) in [6.07, 6.45) is 6.96. The van der Waals surface area contributed by atoms with Crippen LogP contribution in [0, 0.1) is 5.41 Å². The fraction of sp³-hybridized carbons (Fsp3) is 0.444. The molecule has 0 bridgehead atoms. The lowest BCUT2D eigenvalue weighted by Crippen LogP contribution is -2.37. The third kappa shape index (κ3) is 2.51. The molecule has 1 N–H and O–H groups in total. The Morgan fingerprint density at radius 3 is 2.55 bits per heavy atom. The van der Waals surface area contributed by atoms with Crippen LogP contribution >= 0.6 is 0 Å². The van der Waals surface area contributed by atoms with Crippen LogP contribution in [0.3, 0.4) is 0 Å². The van der Waals surface area contributed by atoms with Gasteiger partial charge in [-0.25, -0.2) is 0 Å². The van der Waals surface area contributed by atoms with Crippen LogP contribution in [0.5, 0.6) is 5.75 Å². The lowest BCUT2D eigenvalue weighted by atomic mass is 9.55. The summed E-state index contributed by atoms with van der Waals surface area (Å²) in [4.78, 5) is 4.11. The molecule has 1 fully saturated rings. The summed E-state index contributed by atoms with van der Waals surface area (Å²) in [6.45, 7) is 7.07. The van der Waals surface area contributed by atoms with Crippen LogP contribution in [0.4, 0.5) is 0 Å². The fourth-order valence-corrected chi connectivity index (χ4v) is 3.15. The Morgan fingerprint density at radius 1 is 1.32 bits per heavy atom. The van der Waals surface area contributed by atoms with Gasteiger partial charge in [-0.05, 0) is 41.6 Å². The summed E-state index contributed by atoms with van der Waals surface area (Å²) in [5.74, 6) is 1.27. The zero-order chi connectivity index (χ0) is 16.0. The highest BCUT2D eigenvalue weighted by Gasteiger charge is 2.53. The van der Waals surface area contributed by atoms with Gasteiger partial charge in [-0.15, -0.1) is 0 Å². The highest BCUT2D eigenvalue weighted by molar-refractivity contribution is 6.16. The second kappa shape index (κ2) is 5.11. The fourth-order valence-electron chi connectivity index (χ4n) is 3.15. The van der Waals surface area contributed by atoms with Gasteiger partial charge in [-0.2, -0.15) is 0 Å². The van der Waals surface area contributed by atoms with E-state index in [1.54, 1.807) is 6.07 Å². The molecule has 1 heterocycles. The second-order valence-corrected chi connectivity index (χ2v) is 6.98. The van der Waals surface area contributed by atoms with Crippen molar-refractivity contribution in [2.75, 3.05) is 13.6 Å². The van der Waals surface area contributed by atoms with Gasteiger partial charge >= 0.3 is 0 Å². The Labute approximate surface area is 134 Å². The standard InChI is InChI=1S/C18H23BN2O/c1-14-20(3)10-11-21(14)13-18(19,17(2)8-9-17)12-15-6-4-5-7-16(15)22/h4-7,10-11,22H,1,8-9,12-13H2,2-3H3. The van der Waals surface area contributed by atoms with E-state index in [1.165, 1.54) is 0 Å². The maximum Gasteiger partial charge on any atom is 0.118 e. The van der Waals surface area contributed by atoms with Crippen molar-refractivity contribution in [3.05, 3.63) is 54.6 Å². The molecule has 22 heavy (non-hydrogen) atoms. The first-order valence-corrected chi connectivity index (χ1v) is 7.77. The number of benzene rings is 1. The normalized spacial score (nSPS) is 22.0. The summed E-state index contributed by atoms with van der Waals surface area (Å²) in [5, 5.41) is 9.71. The molecule has 1 atom stereocenters. The highest BCUT2D eigenvalue weighted by Crippen LogP contribution is 2.63. The Morgan fingerprint density at radius 2 is 2.00 bits per heavy atom. The quantitative estimate of drug-likeness (QED) is 0.844. The average Bonchev–Trinajstić information content (AvgIpc) is 3.17. The molecule has 2 radical (unpaired) electrons. The van der Waals surface area contributed by atoms with Crippen LogP contribution in [0.1, 0.15) is 25.3 Å². The summed E-state index contributed by atoms with van der Waals surface area (Å²) in [6, 6.07) is 7.49. The smallest absolute Gasteiger partial charge is 0.118 e. The van der Waals surface area contributed by atoms with Gasteiger partial charge in [0.1, 0.15) is 11.6 Å². The third-order valence-electron chi connectivity index (χ3n) is 5.36. The maximum atomic E-state index is 10.1. The minimum absolute atomic E-state index is 0.116. The zero-order valence-electron chi connectivity index (χ0n) is 13.4. The molecular weight excluding hydrogens is 271 g/mol. The molecule has 1 aromatic rings. The summed E-state index contributed by atoms with van der Waals surface area (Å²) >= 11 is 0. The predicted octanol–water partition coefficient (Wildman–Crippen LogP) is 3.25. The molecule has 3 rings (SSSR count). The first-order valence-electron chi connectivity index (χ1n) is 7.77. The van der Waals surface area contributed by atoms with E-state index in [-0.39, 0.29) is 5.41 Å². The largest absolute Gasteiger partial charge is 0.508 e. The first kappa shape index (κ1) is 15.1. The molecule has 0 spiro atoms. The molecular formula is C18H23BN2O. The van der Waals surface area contributed by atoms with Crippen molar-refractivity contribution in [1.82, 2.24) is 9.80 Å². The van der Waals surface area contributed by atoms with E-state index in [0.717, 1.165) is 24.2 Å². The monoisotopic (exact) mass is 294 g/mol. The van der Waals surface area contributed by atoms with Crippen molar-refractivity contribution in [2.24, 2.45) is 5.41 Å². The van der Waals surface area contributed by atoms with Gasteiger partial charge < -0.3 is 14.9 Å². The molecule has 1 unspecified atom stereocenters. The van der Waals surface area contributed by atoms with Crippen LogP contribution in [0.15, 0.2) is 49.1 Å². The Bertz CT molecular complexity index is 623. The van der Waals surface area contributed by atoms with Gasteiger partial charge in [0.05, 0.1) is 7.85 Å². The number of nitrogens with zero attached hydrogens (tertiary/aromatic N) is 2. The topological polar surface area (TPSA) is 26.7 Å². The average molecular weight is 294 g/mol. The van der Waals surface area contributed by atoms with Crippen molar-refractivity contribution >= 4 is 7.85 Å². The molecule has 2 aliphatic rings. The molecule has 4 heteroatoms. The highest BCUT2D eigenvalue weighted by atomic mass is 16.3. The van der Waals surface area contributed by atoms with E-state index in [9.17, 15) is 5.11 Å². The molecule has 0 amide bonds. The number of aromatic hydroxyl groups is 1. The minimum Gasteiger partial charge on any atom is -0.508 e. The first-order chi connectivity index (χ1) is 10.3. The molecule has 1 saturated carbocycles. The summed E-state index contributed by atoms with van der Waals surface area (Å²) in [7, 11) is 8.86. The third-order valence-corrected chi connectivity index (χ3v) is 5.36. The number of para-hydroxylation sites is 1. The van der Waals surface area contributed by atoms with Gasteiger partial charge in [-0.1, -0.05) is 31.7 Å². The van der Waals surface area contributed by atoms with Crippen LogP contribution in [-0.4, -0.2) is 36.3 Å². The van der Waals surface area contributed by atoms with Gasteiger partial charge in [0, 0.05) is 26.0 Å². The zero-order valence-corrected chi connectivity index (χ0v) is 13.4. The lowest BCUT2D eigenvalue weighted by Gasteiger charge is -2.41. The molecule has 3 nitrogen and oxygen atoms in total. The van der Waals surface area contributed by atoms with E-state index in [2.05, 4.69) is 18.4 Å². The van der Waals surface area contributed by atoms with E-state index in [4.69, 9.17) is 7.85 Å². The van der Waals surface area contributed by atoms with Crippen molar-refractivity contribution in [2.45, 2.75) is 31.5 Å². The number of phenolic OH excluding ortho intramolecular Hbond substituents is 1. The predicted molar refractivity (Wildman–Crippen MR) is 90.3 cm³/mol. The van der Waals surface area contributed by atoms with Crippen LogP contribution in [-0.2, 0) is 6.42 Å². The Kier molecular flexibility index (Phi) is 3.50. The van der Waals surface area contributed by atoms with Gasteiger partial charge in [0.15, 0.2) is 0 Å². The van der Waals surface area contributed by atoms with Gasteiger partial charge in [0.2, 0.25) is 0 Å². The second-order valence-electron chi connectivity index (χ2n) is 6.98. The van der Waals surface area contributed by atoms with Gasteiger partial charge in [0.25, 0.3) is 0 Å². The lowest BCUT2D eigenvalue weighted by molar-refractivity contribution is 0.265. The number of hydrogen-bond acceptors (Lipinski definition) is 3. The SMILES string of the molecule is [B]C(Cc1ccccc1O)(CN1C=CN(C)C1=C)C1(C)CC1. The van der Waals surface area contributed by atoms with E-state index in [0.29, 0.717) is 18.7 Å². The van der Waals surface area contributed by atoms with Crippen LogP contribution in [0.2, 0.25) is 5.31 Å². The van der Waals surface area contributed by atoms with E-state index in [1.807, 2.05) is 42.5 Å². The summed E-state index contributed by atoms with van der Waals surface area (Å²) in [5.41, 5.74) is 1.03. The van der Waals surface area contributed by atoms with Crippen LogP contribution in [0.25, 0.3) is 0 Å². The molecule has 0 aromatic heterocycles.